The van der Waals surface area contributed by atoms with Crippen LogP contribution in [0.3, 0.4) is 0 Å². The molecular formula is C23H37N5O2. The first-order valence-corrected chi connectivity index (χ1v) is 11.1. The molecule has 0 spiro atoms. The summed E-state index contributed by atoms with van der Waals surface area (Å²) >= 11 is 0. The van der Waals surface area contributed by atoms with E-state index < -0.39 is 0 Å². The van der Waals surface area contributed by atoms with Crippen molar-refractivity contribution in [2.24, 2.45) is 5.92 Å². The highest BCUT2D eigenvalue weighted by molar-refractivity contribution is 6.04. The van der Waals surface area contributed by atoms with Crippen molar-refractivity contribution in [1.82, 2.24) is 20.4 Å². The third-order valence-electron chi connectivity index (χ3n) is 5.36. The molecule has 1 aliphatic rings. The van der Waals surface area contributed by atoms with Gasteiger partial charge in [0.05, 0.1) is 12.6 Å². The Balaban J connectivity index is 0.00000155. The summed E-state index contributed by atoms with van der Waals surface area (Å²) in [7, 11) is 3.59. The summed E-state index contributed by atoms with van der Waals surface area (Å²) in [6.07, 6.45) is 4.21. The number of anilines is 1. The van der Waals surface area contributed by atoms with E-state index in [1.807, 2.05) is 49.8 Å². The highest BCUT2D eigenvalue weighted by atomic mass is 16.5. The fourth-order valence-corrected chi connectivity index (χ4v) is 3.69. The van der Waals surface area contributed by atoms with Crippen LogP contribution in [0.4, 0.5) is 5.82 Å². The summed E-state index contributed by atoms with van der Waals surface area (Å²) < 4.78 is 7.49. The van der Waals surface area contributed by atoms with E-state index in [0.717, 1.165) is 43.5 Å². The molecule has 1 heterocycles. The molecule has 2 aromatic rings. The maximum absolute atomic E-state index is 12.5. The van der Waals surface area contributed by atoms with Crippen molar-refractivity contribution in [2.45, 2.75) is 52.5 Å². The number of carbonyl (C=O) groups excluding carboxylic acids is 1. The number of rotatable bonds is 9. The van der Waals surface area contributed by atoms with Crippen LogP contribution in [-0.2, 0) is 0 Å². The number of nitrogens with two attached hydrogens (primary N) is 1. The van der Waals surface area contributed by atoms with Gasteiger partial charge in [0.25, 0.3) is 5.91 Å². The van der Waals surface area contributed by atoms with Gasteiger partial charge in [-0.05, 0) is 69.5 Å². The minimum absolute atomic E-state index is 0.212. The zero-order valence-electron chi connectivity index (χ0n) is 19.0. The van der Waals surface area contributed by atoms with Gasteiger partial charge in [-0.25, -0.2) is 4.68 Å². The molecule has 0 saturated heterocycles. The molecule has 7 heteroatoms. The largest absolute Gasteiger partial charge is 0.494 e. The molecule has 1 fully saturated rings. The molecule has 166 valence electrons. The Kier molecular flexibility index (Phi) is 9.17. The number of aromatic nitrogens is 2. The van der Waals surface area contributed by atoms with E-state index in [1.165, 1.54) is 0 Å². The van der Waals surface area contributed by atoms with Crippen LogP contribution in [0, 0.1) is 5.92 Å². The second-order valence-electron chi connectivity index (χ2n) is 7.39. The minimum Gasteiger partial charge on any atom is -0.494 e. The van der Waals surface area contributed by atoms with Crippen LogP contribution >= 0.6 is 0 Å². The molecule has 0 aliphatic heterocycles. The van der Waals surface area contributed by atoms with Crippen molar-refractivity contribution in [3.63, 3.8) is 0 Å². The molecule has 30 heavy (non-hydrogen) atoms. The Morgan fingerprint density at radius 1 is 1.23 bits per heavy atom. The van der Waals surface area contributed by atoms with Gasteiger partial charge in [-0.2, -0.15) is 5.10 Å². The normalized spacial score (nSPS) is 17.5. The van der Waals surface area contributed by atoms with Crippen LogP contribution < -0.4 is 21.1 Å². The minimum atomic E-state index is -0.212. The number of carbonyl (C=O) groups is 1. The van der Waals surface area contributed by atoms with Crippen LogP contribution in [0.25, 0.3) is 11.3 Å². The van der Waals surface area contributed by atoms with Gasteiger partial charge in [-0.3, -0.25) is 4.79 Å². The Bertz CT molecular complexity index is 795. The summed E-state index contributed by atoms with van der Waals surface area (Å²) in [5.74, 6) is 1.72. The molecule has 1 saturated carbocycles. The number of benzene rings is 1. The van der Waals surface area contributed by atoms with Crippen LogP contribution in [0.15, 0.2) is 24.3 Å². The van der Waals surface area contributed by atoms with E-state index >= 15 is 0 Å². The first-order chi connectivity index (χ1) is 14.6. The van der Waals surface area contributed by atoms with Gasteiger partial charge < -0.3 is 21.1 Å². The average Bonchev–Trinajstić information content (AvgIpc) is 3.09. The number of ether oxygens (including phenoxy) is 1. The summed E-state index contributed by atoms with van der Waals surface area (Å²) in [6.45, 7) is 7.77. The SMILES string of the molecule is CC.CCCOc1ccc(-c2nn(C3CC(CCNC)C3)c(N)c2C(=O)NC)cc1. The van der Waals surface area contributed by atoms with Crippen LogP contribution in [-0.4, -0.2) is 42.9 Å². The fraction of sp³-hybridized carbons (Fsp3) is 0.565. The van der Waals surface area contributed by atoms with Crippen molar-refractivity contribution in [1.29, 1.82) is 0 Å². The number of nitrogens with one attached hydrogen (secondary N) is 2. The van der Waals surface area contributed by atoms with Gasteiger partial charge in [0.2, 0.25) is 0 Å². The molecule has 1 aliphatic carbocycles. The van der Waals surface area contributed by atoms with E-state index in [1.54, 1.807) is 7.05 Å². The topological polar surface area (TPSA) is 94.2 Å². The van der Waals surface area contributed by atoms with Gasteiger partial charge in [-0.15, -0.1) is 0 Å². The third kappa shape index (κ3) is 5.33. The number of nitrogens with zero attached hydrogens (tertiary/aromatic N) is 2. The first-order valence-electron chi connectivity index (χ1n) is 11.1. The predicted molar refractivity (Wildman–Crippen MR) is 123 cm³/mol. The lowest BCUT2D eigenvalue weighted by Gasteiger charge is -2.36. The average molecular weight is 416 g/mol. The molecule has 4 N–H and O–H groups in total. The Morgan fingerprint density at radius 3 is 2.47 bits per heavy atom. The Labute approximate surface area is 180 Å². The quantitative estimate of drug-likeness (QED) is 0.578. The number of nitrogen functional groups attached to an aromatic ring is 1. The second-order valence-corrected chi connectivity index (χ2v) is 7.39. The monoisotopic (exact) mass is 415 g/mol. The molecule has 1 aromatic carbocycles. The van der Waals surface area contributed by atoms with Crippen molar-refractivity contribution in [3.8, 4) is 17.0 Å². The van der Waals surface area contributed by atoms with Gasteiger partial charge in [0.1, 0.15) is 22.8 Å². The van der Waals surface area contributed by atoms with Crippen LogP contribution in [0.5, 0.6) is 5.75 Å². The summed E-state index contributed by atoms with van der Waals surface area (Å²) in [4.78, 5) is 12.5. The van der Waals surface area contributed by atoms with Crippen molar-refractivity contribution >= 4 is 11.7 Å². The second kappa shape index (κ2) is 11.6. The zero-order valence-corrected chi connectivity index (χ0v) is 19.0. The van der Waals surface area contributed by atoms with E-state index in [4.69, 9.17) is 15.6 Å². The lowest BCUT2D eigenvalue weighted by molar-refractivity contribution is 0.0964. The standard InChI is InChI=1S/C21H31N5O2.C2H6/c1-4-11-28-17-7-5-15(6-8-17)19-18(21(27)24-3)20(22)26(25-19)16-12-14(13-16)9-10-23-2;1-2/h5-8,14,16,23H,4,9-13,22H2,1-3H3,(H,24,27);1-2H3. The van der Waals surface area contributed by atoms with Crippen LogP contribution in [0.1, 0.15) is 62.9 Å². The summed E-state index contributed by atoms with van der Waals surface area (Å²) in [5.41, 5.74) is 8.30. The summed E-state index contributed by atoms with van der Waals surface area (Å²) in [5, 5.41) is 10.6. The molecule has 0 radical (unpaired) electrons. The first kappa shape index (κ1) is 23.7. The molecule has 7 nitrogen and oxygen atoms in total. The lowest BCUT2D eigenvalue weighted by atomic mass is 9.78. The van der Waals surface area contributed by atoms with Crippen molar-refractivity contribution in [3.05, 3.63) is 29.8 Å². The number of hydrogen-bond acceptors (Lipinski definition) is 5. The fourth-order valence-electron chi connectivity index (χ4n) is 3.69. The Morgan fingerprint density at radius 2 is 1.90 bits per heavy atom. The molecule has 0 bridgehead atoms. The van der Waals surface area contributed by atoms with Gasteiger partial charge in [0, 0.05) is 12.6 Å². The summed E-state index contributed by atoms with van der Waals surface area (Å²) in [6, 6.07) is 7.93. The molecule has 3 rings (SSSR count). The highest BCUT2D eigenvalue weighted by Crippen LogP contribution is 2.42. The molecular weight excluding hydrogens is 378 g/mol. The van der Waals surface area contributed by atoms with Gasteiger partial charge in [-0.1, -0.05) is 20.8 Å². The Hall–Kier alpha value is -2.54. The smallest absolute Gasteiger partial charge is 0.257 e. The number of hydrogen-bond donors (Lipinski definition) is 3. The van der Waals surface area contributed by atoms with Crippen molar-refractivity contribution in [2.75, 3.05) is 33.0 Å². The zero-order chi connectivity index (χ0) is 22.1. The molecule has 1 amide bonds. The van der Waals surface area contributed by atoms with E-state index in [-0.39, 0.29) is 11.9 Å². The van der Waals surface area contributed by atoms with E-state index in [2.05, 4.69) is 17.6 Å². The van der Waals surface area contributed by atoms with Gasteiger partial charge in [0.15, 0.2) is 0 Å². The van der Waals surface area contributed by atoms with Crippen molar-refractivity contribution < 1.29 is 9.53 Å². The maximum atomic E-state index is 12.5. The lowest BCUT2D eigenvalue weighted by Crippen LogP contribution is -2.30. The van der Waals surface area contributed by atoms with E-state index in [9.17, 15) is 4.79 Å². The molecule has 0 unspecified atom stereocenters. The number of amides is 1. The van der Waals surface area contributed by atoms with E-state index in [0.29, 0.717) is 29.6 Å². The van der Waals surface area contributed by atoms with Crippen LogP contribution in [0.2, 0.25) is 0 Å². The highest BCUT2D eigenvalue weighted by Gasteiger charge is 2.34. The predicted octanol–water partition coefficient (Wildman–Crippen LogP) is 3.87. The molecule has 0 atom stereocenters. The molecule has 1 aromatic heterocycles. The van der Waals surface area contributed by atoms with Gasteiger partial charge >= 0.3 is 0 Å². The maximum Gasteiger partial charge on any atom is 0.257 e. The third-order valence-corrected chi connectivity index (χ3v) is 5.36.